The van der Waals surface area contributed by atoms with Crippen molar-refractivity contribution in [2.75, 3.05) is 13.7 Å². The van der Waals surface area contributed by atoms with Gasteiger partial charge in [0.15, 0.2) is 0 Å². The van der Waals surface area contributed by atoms with Gasteiger partial charge < -0.3 is 10.5 Å². The summed E-state index contributed by atoms with van der Waals surface area (Å²) >= 11 is 0. The highest BCUT2D eigenvalue weighted by Gasteiger charge is 2.19. The third-order valence-corrected chi connectivity index (χ3v) is 4.01. The van der Waals surface area contributed by atoms with Crippen LogP contribution in [0.25, 0.3) is 0 Å². The number of methoxy groups -OCH3 is 1. The van der Waals surface area contributed by atoms with E-state index in [2.05, 4.69) is 4.72 Å². The fourth-order valence-electron chi connectivity index (χ4n) is 1.34. The van der Waals surface area contributed by atoms with Crippen molar-refractivity contribution in [3.8, 4) is 0 Å². The van der Waals surface area contributed by atoms with Gasteiger partial charge in [-0.2, -0.15) is 0 Å². The lowest BCUT2D eigenvalue weighted by Crippen LogP contribution is -2.32. The molecule has 0 saturated carbocycles. The minimum absolute atomic E-state index is 0.0242. The topological polar surface area (TPSA) is 81.4 Å². The normalized spacial score (nSPS) is 13.6. The molecular formula is C11H17FN2O3S. The number of ether oxygens (including phenoxy) is 1. The van der Waals surface area contributed by atoms with Gasteiger partial charge in [0, 0.05) is 20.2 Å². The van der Waals surface area contributed by atoms with Crippen molar-refractivity contribution in [1.29, 1.82) is 0 Å². The van der Waals surface area contributed by atoms with Crippen LogP contribution in [0.3, 0.4) is 0 Å². The molecule has 0 aromatic heterocycles. The molecule has 1 aromatic carbocycles. The van der Waals surface area contributed by atoms with Crippen LogP contribution in [0, 0.1) is 5.82 Å². The van der Waals surface area contributed by atoms with Crippen LogP contribution in [0.15, 0.2) is 23.1 Å². The Morgan fingerprint density at radius 1 is 1.50 bits per heavy atom. The zero-order valence-corrected chi connectivity index (χ0v) is 11.1. The molecule has 1 rings (SSSR count). The lowest BCUT2D eigenvalue weighted by Gasteiger charge is -2.13. The van der Waals surface area contributed by atoms with Crippen LogP contribution in [0.1, 0.15) is 12.5 Å². The largest absolute Gasteiger partial charge is 0.380 e. The number of benzene rings is 1. The molecule has 0 bridgehead atoms. The number of hydrogen-bond donors (Lipinski definition) is 2. The standard InChI is InChI=1S/C11H17FN2O3S/c1-8(17-2)7-14-18(15,16)11-5-10(12)4-3-9(11)6-13/h3-5,8,14H,6-7,13H2,1-2H3. The number of nitrogens with one attached hydrogen (secondary N) is 1. The van der Waals surface area contributed by atoms with Crippen LogP contribution in [0.4, 0.5) is 4.39 Å². The average molecular weight is 276 g/mol. The first-order chi connectivity index (χ1) is 8.40. The second-order valence-corrected chi connectivity index (χ2v) is 5.59. The minimum Gasteiger partial charge on any atom is -0.380 e. The Bertz CT molecular complexity index is 505. The molecule has 0 amide bonds. The summed E-state index contributed by atoms with van der Waals surface area (Å²) in [6.45, 7) is 1.85. The van der Waals surface area contributed by atoms with Crippen molar-refractivity contribution in [2.45, 2.75) is 24.5 Å². The third kappa shape index (κ3) is 3.74. The lowest BCUT2D eigenvalue weighted by molar-refractivity contribution is 0.122. The first-order valence-corrected chi connectivity index (χ1v) is 6.90. The van der Waals surface area contributed by atoms with Crippen molar-refractivity contribution >= 4 is 10.0 Å². The summed E-state index contributed by atoms with van der Waals surface area (Å²) in [5.74, 6) is -0.618. The molecule has 0 fully saturated rings. The molecule has 1 atom stereocenters. The molecule has 0 aliphatic heterocycles. The molecule has 3 N–H and O–H groups in total. The van der Waals surface area contributed by atoms with E-state index in [0.29, 0.717) is 5.56 Å². The molecular weight excluding hydrogens is 259 g/mol. The molecule has 0 aliphatic carbocycles. The molecule has 18 heavy (non-hydrogen) atoms. The second kappa shape index (κ2) is 6.24. The summed E-state index contributed by atoms with van der Waals surface area (Å²) in [5, 5.41) is 0. The Labute approximate surface area is 106 Å². The number of halogens is 1. The quantitative estimate of drug-likeness (QED) is 0.797. The Kier molecular flexibility index (Phi) is 5.21. The molecule has 0 radical (unpaired) electrons. The number of sulfonamides is 1. The van der Waals surface area contributed by atoms with Crippen LogP contribution >= 0.6 is 0 Å². The van der Waals surface area contributed by atoms with Gasteiger partial charge in [0.25, 0.3) is 0 Å². The Morgan fingerprint density at radius 3 is 2.72 bits per heavy atom. The molecule has 0 aliphatic rings. The van der Waals surface area contributed by atoms with Gasteiger partial charge in [-0.3, -0.25) is 0 Å². The summed E-state index contributed by atoms with van der Waals surface area (Å²) < 4.78 is 44.4. The SMILES string of the molecule is COC(C)CNS(=O)(=O)c1cc(F)ccc1CN. The zero-order chi connectivity index (χ0) is 13.8. The maximum Gasteiger partial charge on any atom is 0.241 e. The molecule has 1 aromatic rings. The summed E-state index contributed by atoms with van der Waals surface area (Å²) in [5.41, 5.74) is 5.81. The average Bonchev–Trinajstić information content (AvgIpc) is 2.36. The van der Waals surface area contributed by atoms with E-state index in [0.717, 1.165) is 6.07 Å². The van der Waals surface area contributed by atoms with Crippen LogP contribution in [0.2, 0.25) is 0 Å². The van der Waals surface area contributed by atoms with Gasteiger partial charge in [0.05, 0.1) is 11.0 Å². The van der Waals surface area contributed by atoms with Gasteiger partial charge in [-0.15, -0.1) is 0 Å². The van der Waals surface area contributed by atoms with Gasteiger partial charge in [-0.25, -0.2) is 17.5 Å². The van der Waals surface area contributed by atoms with E-state index >= 15 is 0 Å². The highest BCUT2D eigenvalue weighted by atomic mass is 32.2. The van der Waals surface area contributed by atoms with Crippen LogP contribution in [-0.2, 0) is 21.3 Å². The van der Waals surface area contributed by atoms with E-state index in [-0.39, 0.29) is 24.1 Å². The monoisotopic (exact) mass is 276 g/mol. The predicted molar refractivity (Wildman–Crippen MR) is 66.0 cm³/mol. The molecule has 0 saturated heterocycles. The Balaban J connectivity index is 3.00. The van der Waals surface area contributed by atoms with Crippen molar-refractivity contribution in [3.05, 3.63) is 29.6 Å². The molecule has 0 spiro atoms. The molecule has 1 unspecified atom stereocenters. The van der Waals surface area contributed by atoms with Crippen molar-refractivity contribution in [3.63, 3.8) is 0 Å². The maximum absolute atomic E-state index is 13.1. The van der Waals surface area contributed by atoms with E-state index in [9.17, 15) is 12.8 Å². The fourth-order valence-corrected chi connectivity index (χ4v) is 2.71. The van der Waals surface area contributed by atoms with Gasteiger partial charge in [0.1, 0.15) is 5.82 Å². The summed E-state index contributed by atoms with van der Waals surface area (Å²) in [6, 6.07) is 3.50. The van der Waals surface area contributed by atoms with E-state index in [1.807, 2.05) is 0 Å². The Morgan fingerprint density at radius 2 is 2.17 bits per heavy atom. The first kappa shape index (κ1) is 15.0. The van der Waals surface area contributed by atoms with Crippen LogP contribution < -0.4 is 10.5 Å². The maximum atomic E-state index is 13.1. The van der Waals surface area contributed by atoms with Gasteiger partial charge >= 0.3 is 0 Å². The number of hydrogen-bond acceptors (Lipinski definition) is 4. The Hall–Kier alpha value is -1.02. The highest BCUT2D eigenvalue weighted by molar-refractivity contribution is 7.89. The smallest absolute Gasteiger partial charge is 0.241 e. The number of nitrogens with two attached hydrogens (primary N) is 1. The summed E-state index contributed by atoms with van der Waals surface area (Å²) in [6.07, 6.45) is -0.269. The van der Waals surface area contributed by atoms with Crippen LogP contribution in [0.5, 0.6) is 0 Å². The predicted octanol–water partition coefficient (Wildman–Crippen LogP) is 0.598. The summed E-state index contributed by atoms with van der Waals surface area (Å²) in [7, 11) is -2.30. The van der Waals surface area contributed by atoms with E-state index < -0.39 is 15.8 Å². The van der Waals surface area contributed by atoms with Crippen molar-refractivity contribution in [2.24, 2.45) is 5.73 Å². The van der Waals surface area contributed by atoms with Gasteiger partial charge in [-0.1, -0.05) is 6.07 Å². The third-order valence-electron chi connectivity index (χ3n) is 2.50. The van der Waals surface area contributed by atoms with E-state index in [1.54, 1.807) is 6.92 Å². The van der Waals surface area contributed by atoms with Crippen LogP contribution in [-0.4, -0.2) is 28.2 Å². The molecule has 102 valence electrons. The molecule has 5 nitrogen and oxygen atoms in total. The second-order valence-electron chi connectivity index (χ2n) is 3.85. The molecule has 0 heterocycles. The van der Waals surface area contributed by atoms with Gasteiger partial charge in [0.2, 0.25) is 10.0 Å². The first-order valence-electron chi connectivity index (χ1n) is 5.41. The zero-order valence-electron chi connectivity index (χ0n) is 10.3. The summed E-state index contributed by atoms with van der Waals surface area (Å²) in [4.78, 5) is -0.131. The van der Waals surface area contributed by atoms with Crippen molar-refractivity contribution < 1.29 is 17.5 Å². The lowest BCUT2D eigenvalue weighted by atomic mass is 10.2. The number of rotatable bonds is 6. The fraction of sp³-hybridized carbons (Fsp3) is 0.455. The van der Waals surface area contributed by atoms with Gasteiger partial charge in [-0.05, 0) is 24.6 Å². The van der Waals surface area contributed by atoms with Crippen molar-refractivity contribution in [1.82, 2.24) is 4.72 Å². The minimum atomic E-state index is -3.78. The van der Waals surface area contributed by atoms with E-state index in [4.69, 9.17) is 10.5 Å². The van der Waals surface area contributed by atoms with E-state index in [1.165, 1.54) is 19.2 Å². The highest BCUT2D eigenvalue weighted by Crippen LogP contribution is 2.16. The molecule has 7 heteroatoms.